The Kier molecular flexibility index (Phi) is 7.46. The summed E-state index contributed by atoms with van der Waals surface area (Å²) < 4.78 is 19.4. The van der Waals surface area contributed by atoms with Crippen molar-refractivity contribution in [3.8, 4) is 0 Å². The second-order valence-electron chi connectivity index (χ2n) is 6.98. The van der Waals surface area contributed by atoms with Crippen LogP contribution in [-0.4, -0.2) is 53.6 Å². The lowest BCUT2D eigenvalue weighted by Gasteiger charge is -2.36. The van der Waals surface area contributed by atoms with Crippen molar-refractivity contribution in [1.29, 1.82) is 0 Å². The number of benzene rings is 1. The van der Waals surface area contributed by atoms with Crippen LogP contribution in [0.15, 0.2) is 46.1 Å². The number of halogens is 2. The van der Waals surface area contributed by atoms with Crippen LogP contribution in [0, 0.1) is 12.7 Å². The fourth-order valence-electron chi connectivity index (χ4n) is 3.54. The second-order valence-corrected chi connectivity index (χ2v) is 6.98. The second kappa shape index (κ2) is 10.1. The molecule has 0 radical (unpaired) electrons. The van der Waals surface area contributed by atoms with E-state index in [-0.39, 0.29) is 29.8 Å². The Morgan fingerprint density at radius 1 is 1.20 bits per heavy atom. The first-order valence-corrected chi connectivity index (χ1v) is 9.88. The number of nitrogens with one attached hydrogen (secondary N) is 1. The minimum absolute atomic E-state index is 0. The molecule has 1 aromatic carbocycles. The van der Waals surface area contributed by atoms with Gasteiger partial charge in [0.1, 0.15) is 23.7 Å². The molecule has 0 bridgehead atoms. The minimum atomic E-state index is -0.259. The standard InChI is InChI=1S/C21H25FN6O.HI/c1-3-23-20(27-9-11-28(12-10-27)21-24-7-4-8-25-21)26-14-19-15(2)17-13-16(22)5-6-18(17)29-19;/h4-8,13H,3,9-12,14H2,1-2H3,(H,23,26);1H. The van der Waals surface area contributed by atoms with E-state index in [1.807, 2.05) is 13.0 Å². The zero-order chi connectivity index (χ0) is 20.2. The molecule has 1 aliphatic rings. The van der Waals surface area contributed by atoms with Crippen molar-refractivity contribution in [2.75, 3.05) is 37.6 Å². The van der Waals surface area contributed by atoms with Gasteiger partial charge >= 0.3 is 0 Å². The van der Waals surface area contributed by atoms with Gasteiger partial charge in [0.25, 0.3) is 0 Å². The Hall–Kier alpha value is -2.43. The number of rotatable bonds is 4. The zero-order valence-corrected chi connectivity index (χ0v) is 19.5. The Morgan fingerprint density at radius 3 is 2.63 bits per heavy atom. The molecule has 0 atom stereocenters. The molecule has 0 saturated carbocycles. The van der Waals surface area contributed by atoms with E-state index in [1.54, 1.807) is 18.5 Å². The maximum Gasteiger partial charge on any atom is 0.225 e. The van der Waals surface area contributed by atoms with Crippen molar-refractivity contribution >= 4 is 46.9 Å². The summed E-state index contributed by atoms with van der Waals surface area (Å²) in [5, 5.41) is 4.17. The number of furan rings is 1. The predicted molar refractivity (Wildman–Crippen MR) is 127 cm³/mol. The van der Waals surface area contributed by atoms with Crippen LogP contribution < -0.4 is 10.2 Å². The van der Waals surface area contributed by atoms with Gasteiger partial charge in [0.15, 0.2) is 5.96 Å². The summed E-state index contributed by atoms with van der Waals surface area (Å²) >= 11 is 0. The van der Waals surface area contributed by atoms with E-state index < -0.39 is 0 Å². The summed E-state index contributed by atoms with van der Waals surface area (Å²) in [6.07, 6.45) is 3.53. The van der Waals surface area contributed by atoms with Crippen molar-refractivity contribution in [1.82, 2.24) is 20.2 Å². The molecule has 0 amide bonds. The molecule has 1 aliphatic heterocycles. The van der Waals surface area contributed by atoms with Crippen LogP contribution in [0.25, 0.3) is 11.0 Å². The average Bonchev–Trinajstić information content (AvgIpc) is 3.07. The molecule has 0 unspecified atom stereocenters. The molecule has 0 aliphatic carbocycles. The highest BCUT2D eigenvalue weighted by Gasteiger charge is 2.21. The van der Waals surface area contributed by atoms with Gasteiger partial charge in [0, 0.05) is 56.1 Å². The van der Waals surface area contributed by atoms with Crippen molar-refractivity contribution in [3.05, 3.63) is 53.8 Å². The number of aliphatic imine (C=N–C) groups is 1. The number of aromatic nitrogens is 2. The predicted octanol–water partition coefficient (Wildman–Crippen LogP) is 3.58. The first kappa shape index (κ1) is 22.3. The van der Waals surface area contributed by atoms with E-state index in [4.69, 9.17) is 9.41 Å². The summed E-state index contributed by atoms with van der Waals surface area (Å²) in [4.78, 5) is 17.9. The zero-order valence-electron chi connectivity index (χ0n) is 17.1. The highest BCUT2D eigenvalue weighted by atomic mass is 127. The summed E-state index contributed by atoms with van der Waals surface area (Å²) in [7, 11) is 0. The molecule has 9 heteroatoms. The van der Waals surface area contributed by atoms with Gasteiger partial charge in [-0.2, -0.15) is 0 Å². The highest BCUT2D eigenvalue weighted by molar-refractivity contribution is 14.0. The molecule has 1 saturated heterocycles. The Balaban J connectivity index is 0.00000256. The Bertz CT molecular complexity index is 1000. The van der Waals surface area contributed by atoms with E-state index in [0.29, 0.717) is 12.1 Å². The first-order valence-electron chi connectivity index (χ1n) is 9.88. The summed E-state index contributed by atoms with van der Waals surface area (Å²) in [5.74, 6) is 2.12. The Labute approximate surface area is 192 Å². The lowest BCUT2D eigenvalue weighted by atomic mass is 10.1. The van der Waals surface area contributed by atoms with Crippen LogP contribution in [0.5, 0.6) is 0 Å². The molecular formula is C21H26FIN6O. The van der Waals surface area contributed by atoms with E-state index >= 15 is 0 Å². The first-order chi connectivity index (χ1) is 14.2. The van der Waals surface area contributed by atoms with Crippen LogP contribution in [0.1, 0.15) is 18.2 Å². The normalized spacial score (nSPS) is 14.7. The van der Waals surface area contributed by atoms with Gasteiger partial charge in [-0.3, -0.25) is 0 Å². The molecule has 160 valence electrons. The van der Waals surface area contributed by atoms with Gasteiger partial charge in [-0.15, -0.1) is 24.0 Å². The largest absolute Gasteiger partial charge is 0.459 e. The van der Waals surface area contributed by atoms with Gasteiger partial charge in [-0.05, 0) is 38.1 Å². The lowest BCUT2D eigenvalue weighted by molar-refractivity contribution is 0.369. The van der Waals surface area contributed by atoms with Crippen LogP contribution in [0.2, 0.25) is 0 Å². The van der Waals surface area contributed by atoms with Gasteiger partial charge in [0.05, 0.1) is 0 Å². The molecule has 1 fully saturated rings. The number of piperazine rings is 1. The number of anilines is 1. The SMILES string of the molecule is CCNC(=NCc1oc2ccc(F)cc2c1C)N1CCN(c2ncccn2)CC1.I. The van der Waals surface area contributed by atoms with Crippen molar-refractivity contribution < 1.29 is 8.81 Å². The lowest BCUT2D eigenvalue weighted by Crippen LogP contribution is -2.52. The van der Waals surface area contributed by atoms with E-state index in [2.05, 4.69) is 32.0 Å². The molecule has 3 aromatic rings. The molecule has 30 heavy (non-hydrogen) atoms. The van der Waals surface area contributed by atoms with Crippen LogP contribution in [-0.2, 0) is 6.54 Å². The van der Waals surface area contributed by atoms with Gasteiger partial charge in [0.2, 0.25) is 5.95 Å². The topological polar surface area (TPSA) is 69.8 Å². The number of aryl methyl sites for hydroxylation is 1. The molecule has 7 nitrogen and oxygen atoms in total. The number of fused-ring (bicyclic) bond motifs is 1. The summed E-state index contributed by atoms with van der Waals surface area (Å²) in [6, 6.07) is 6.42. The van der Waals surface area contributed by atoms with Crippen LogP contribution in [0.3, 0.4) is 0 Å². The smallest absolute Gasteiger partial charge is 0.225 e. The number of hydrogen-bond acceptors (Lipinski definition) is 5. The average molecular weight is 524 g/mol. The third kappa shape index (κ3) is 4.82. The number of hydrogen-bond donors (Lipinski definition) is 1. The minimum Gasteiger partial charge on any atom is -0.459 e. The molecular weight excluding hydrogens is 498 g/mol. The third-order valence-electron chi connectivity index (χ3n) is 5.12. The van der Waals surface area contributed by atoms with Gasteiger partial charge in [-0.25, -0.2) is 19.4 Å². The molecule has 3 heterocycles. The van der Waals surface area contributed by atoms with Crippen molar-refractivity contribution in [2.24, 2.45) is 4.99 Å². The summed E-state index contributed by atoms with van der Waals surface area (Å²) in [6.45, 7) is 8.51. The maximum absolute atomic E-state index is 13.5. The van der Waals surface area contributed by atoms with E-state index in [0.717, 1.165) is 61.3 Å². The third-order valence-corrected chi connectivity index (χ3v) is 5.12. The van der Waals surface area contributed by atoms with Crippen LogP contribution in [0.4, 0.5) is 10.3 Å². The molecule has 0 spiro atoms. The van der Waals surface area contributed by atoms with Gasteiger partial charge in [-0.1, -0.05) is 0 Å². The highest BCUT2D eigenvalue weighted by Crippen LogP contribution is 2.26. The fourth-order valence-corrected chi connectivity index (χ4v) is 3.54. The van der Waals surface area contributed by atoms with Crippen molar-refractivity contribution in [2.45, 2.75) is 20.4 Å². The molecule has 1 N–H and O–H groups in total. The maximum atomic E-state index is 13.5. The quantitative estimate of drug-likeness (QED) is 0.320. The number of nitrogens with zero attached hydrogens (tertiary/aromatic N) is 5. The Morgan fingerprint density at radius 2 is 1.93 bits per heavy atom. The monoisotopic (exact) mass is 524 g/mol. The van der Waals surface area contributed by atoms with Gasteiger partial charge < -0.3 is 19.5 Å². The fraction of sp³-hybridized carbons (Fsp3) is 0.381. The van der Waals surface area contributed by atoms with E-state index in [9.17, 15) is 4.39 Å². The van der Waals surface area contributed by atoms with E-state index in [1.165, 1.54) is 12.1 Å². The van der Waals surface area contributed by atoms with Crippen molar-refractivity contribution in [3.63, 3.8) is 0 Å². The summed E-state index contributed by atoms with van der Waals surface area (Å²) in [5.41, 5.74) is 1.63. The molecule has 2 aromatic heterocycles. The number of guanidine groups is 1. The molecule has 4 rings (SSSR count). The van der Waals surface area contributed by atoms with Crippen LogP contribution >= 0.6 is 24.0 Å².